The molecule has 0 aliphatic carbocycles. The highest BCUT2D eigenvalue weighted by molar-refractivity contribution is 7.98. The fourth-order valence-electron chi connectivity index (χ4n) is 3.09. The maximum Gasteiger partial charge on any atom is 0.326 e. The first-order valence-electron chi connectivity index (χ1n) is 11.3. The van der Waals surface area contributed by atoms with Crippen molar-refractivity contribution < 1.29 is 29.4 Å². The van der Waals surface area contributed by atoms with Crippen molar-refractivity contribution in [3.63, 3.8) is 0 Å². The largest absolute Gasteiger partial charge is 0.508 e. The fourth-order valence-corrected chi connectivity index (χ4v) is 3.82. The molecule has 0 saturated heterocycles. The van der Waals surface area contributed by atoms with Crippen LogP contribution >= 0.6 is 24.4 Å². The Hall–Kier alpha value is -2.44. The number of carboxylic acids is 1. The van der Waals surface area contributed by atoms with Crippen molar-refractivity contribution in [2.45, 2.75) is 57.3 Å². The first kappa shape index (κ1) is 30.6. The van der Waals surface area contributed by atoms with Crippen molar-refractivity contribution in [3.8, 4) is 5.75 Å². The molecule has 0 fully saturated rings. The van der Waals surface area contributed by atoms with Crippen LogP contribution in [0, 0.1) is 5.92 Å². The van der Waals surface area contributed by atoms with Gasteiger partial charge in [-0.15, -0.1) is 0 Å². The Bertz CT molecular complexity index is 855. The van der Waals surface area contributed by atoms with Gasteiger partial charge < -0.3 is 31.9 Å². The zero-order valence-corrected chi connectivity index (χ0v) is 21.9. The number of hydrogen-bond acceptors (Lipinski definition) is 8. The third-order valence-electron chi connectivity index (χ3n) is 5.61. The van der Waals surface area contributed by atoms with Gasteiger partial charge in [0.2, 0.25) is 17.7 Å². The highest BCUT2D eigenvalue weighted by Crippen LogP contribution is 2.13. The zero-order valence-electron chi connectivity index (χ0n) is 20.2. The number of hydrogen-bond donors (Lipinski definition) is 7. The van der Waals surface area contributed by atoms with Gasteiger partial charge in [-0.05, 0) is 42.0 Å². The Kier molecular flexibility index (Phi) is 13.6. The van der Waals surface area contributed by atoms with Crippen molar-refractivity contribution in [2.75, 3.05) is 17.8 Å². The second kappa shape index (κ2) is 15.5. The predicted molar refractivity (Wildman–Crippen MR) is 140 cm³/mol. The van der Waals surface area contributed by atoms with Gasteiger partial charge in [0, 0.05) is 12.2 Å². The summed E-state index contributed by atoms with van der Waals surface area (Å²) in [5, 5.41) is 26.5. The molecule has 196 valence electrons. The summed E-state index contributed by atoms with van der Waals surface area (Å²) in [4.78, 5) is 50.0. The van der Waals surface area contributed by atoms with Crippen LogP contribution in [0.25, 0.3) is 0 Å². The van der Waals surface area contributed by atoms with E-state index in [1.807, 2.05) is 20.1 Å². The molecule has 0 saturated carbocycles. The maximum absolute atomic E-state index is 13.1. The molecule has 1 aromatic rings. The summed E-state index contributed by atoms with van der Waals surface area (Å²) in [7, 11) is 0. The number of thioether (sulfide) groups is 1. The normalized spacial score (nSPS) is 15.2. The summed E-state index contributed by atoms with van der Waals surface area (Å²) in [6, 6.07) is 2.03. The van der Waals surface area contributed by atoms with E-state index in [9.17, 15) is 29.4 Å². The number of aromatic hydroxyl groups is 1. The SMILES string of the molecule is CCC(C)C(N)C(=O)NC(Cc1ccc(O)cc1)C(=O)NC(CS)C(=O)NC(CCSC)C(=O)O. The van der Waals surface area contributed by atoms with Gasteiger partial charge in [-0.2, -0.15) is 24.4 Å². The lowest BCUT2D eigenvalue weighted by atomic mass is 9.98. The lowest BCUT2D eigenvalue weighted by molar-refractivity contribution is -0.142. The Morgan fingerprint density at radius 1 is 1.00 bits per heavy atom. The smallest absolute Gasteiger partial charge is 0.326 e. The van der Waals surface area contributed by atoms with Crippen LogP contribution in [-0.2, 0) is 25.6 Å². The topological polar surface area (TPSA) is 171 Å². The van der Waals surface area contributed by atoms with Crippen molar-refractivity contribution >= 4 is 48.1 Å². The van der Waals surface area contributed by atoms with Gasteiger partial charge in [0.1, 0.15) is 23.9 Å². The van der Waals surface area contributed by atoms with Gasteiger partial charge >= 0.3 is 5.97 Å². The van der Waals surface area contributed by atoms with E-state index in [1.165, 1.54) is 23.9 Å². The van der Waals surface area contributed by atoms with E-state index in [4.69, 9.17) is 5.73 Å². The van der Waals surface area contributed by atoms with E-state index >= 15 is 0 Å². The first-order chi connectivity index (χ1) is 16.5. The number of carboxylic acid groups (broad SMARTS) is 1. The summed E-state index contributed by atoms with van der Waals surface area (Å²) >= 11 is 5.58. The van der Waals surface area contributed by atoms with E-state index in [0.717, 1.165) is 0 Å². The molecular formula is C23H36N4O6S2. The number of phenols is 1. The molecule has 1 rings (SSSR count). The van der Waals surface area contributed by atoms with Gasteiger partial charge in [0.15, 0.2) is 0 Å². The molecule has 12 heteroatoms. The Labute approximate surface area is 215 Å². The van der Waals surface area contributed by atoms with Gasteiger partial charge in [0.05, 0.1) is 6.04 Å². The average Bonchev–Trinajstić information content (AvgIpc) is 2.84. The minimum Gasteiger partial charge on any atom is -0.508 e. The molecule has 5 atom stereocenters. The highest BCUT2D eigenvalue weighted by Gasteiger charge is 2.30. The standard InChI is InChI=1S/C23H36N4O6S2/c1-4-13(2)19(24)22(31)26-17(11-14-5-7-15(28)8-6-14)20(29)27-18(12-34)21(30)25-16(23(32)33)9-10-35-3/h5-8,13,16-19,28,34H,4,9-12,24H2,1-3H3,(H,25,30)(H,26,31)(H,27,29)(H,32,33). The molecule has 0 aliphatic rings. The molecule has 0 radical (unpaired) electrons. The van der Waals surface area contributed by atoms with Crippen LogP contribution in [0.3, 0.4) is 0 Å². The third kappa shape index (κ3) is 10.4. The Balaban J connectivity index is 3.01. The van der Waals surface area contributed by atoms with Crippen LogP contribution < -0.4 is 21.7 Å². The van der Waals surface area contributed by atoms with Gasteiger partial charge in [-0.1, -0.05) is 32.4 Å². The number of rotatable bonds is 15. The third-order valence-corrected chi connectivity index (χ3v) is 6.62. The minimum atomic E-state index is -1.17. The van der Waals surface area contributed by atoms with E-state index in [2.05, 4.69) is 28.6 Å². The number of amides is 3. The summed E-state index contributed by atoms with van der Waals surface area (Å²) in [5.74, 6) is -2.62. The Morgan fingerprint density at radius 2 is 1.54 bits per heavy atom. The van der Waals surface area contributed by atoms with Gasteiger partial charge in [0.25, 0.3) is 0 Å². The molecule has 7 N–H and O–H groups in total. The van der Waals surface area contributed by atoms with Crippen LogP contribution in [-0.4, -0.2) is 75.8 Å². The maximum atomic E-state index is 13.1. The fraction of sp³-hybridized carbons (Fsp3) is 0.565. The molecule has 1 aromatic carbocycles. The molecule has 3 amide bonds. The molecular weight excluding hydrogens is 492 g/mol. The predicted octanol–water partition coefficient (Wildman–Crippen LogP) is 0.530. The molecule has 35 heavy (non-hydrogen) atoms. The Morgan fingerprint density at radius 3 is 2.06 bits per heavy atom. The van der Waals surface area contributed by atoms with E-state index in [0.29, 0.717) is 17.7 Å². The van der Waals surface area contributed by atoms with Crippen LogP contribution in [0.5, 0.6) is 5.75 Å². The van der Waals surface area contributed by atoms with Crippen LogP contribution in [0.1, 0.15) is 32.3 Å². The number of aliphatic carboxylic acids is 1. The second-order valence-electron chi connectivity index (χ2n) is 8.27. The van der Waals surface area contributed by atoms with Crippen LogP contribution in [0.4, 0.5) is 0 Å². The second-order valence-corrected chi connectivity index (χ2v) is 9.62. The summed E-state index contributed by atoms with van der Waals surface area (Å²) in [6.45, 7) is 3.73. The highest BCUT2D eigenvalue weighted by atomic mass is 32.2. The molecule has 5 unspecified atom stereocenters. The lowest BCUT2D eigenvalue weighted by Gasteiger charge is -2.25. The average molecular weight is 529 g/mol. The van der Waals surface area contributed by atoms with Crippen LogP contribution in [0.2, 0.25) is 0 Å². The van der Waals surface area contributed by atoms with Crippen molar-refractivity contribution in [3.05, 3.63) is 29.8 Å². The summed E-state index contributed by atoms with van der Waals surface area (Å²) in [6.07, 6.45) is 2.81. The van der Waals surface area contributed by atoms with E-state index in [1.54, 1.807) is 12.1 Å². The van der Waals surface area contributed by atoms with Crippen molar-refractivity contribution in [1.82, 2.24) is 16.0 Å². The number of thiol groups is 1. The monoisotopic (exact) mass is 528 g/mol. The molecule has 0 aliphatic heterocycles. The lowest BCUT2D eigenvalue weighted by Crippen LogP contribution is -2.58. The van der Waals surface area contributed by atoms with Crippen molar-refractivity contribution in [2.24, 2.45) is 11.7 Å². The van der Waals surface area contributed by atoms with Crippen molar-refractivity contribution in [1.29, 1.82) is 0 Å². The quantitative estimate of drug-likeness (QED) is 0.162. The number of carbonyl (C=O) groups is 4. The number of benzene rings is 1. The molecule has 10 nitrogen and oxygen atoms in total. The van der Waals surface area contributed by atoms with Gasteiger partial charge in [-0.3, -0.25) is 14.4 Å². The van der Waals surface area contributed by atoms with Crippen LogP contribution in [0.15, 0.2) is 24.3 Å². The van der Waals surface area contributed by atoms with E-state index < -0.39 is 47.9 Å². The summed E-state index contributed by atoms with van der Waals surface area (Å²) < 4.78 is 0. The van der Waals surface area contributed by atoms with E-state index in [-0.39, 0.29) is 30.3 Å². The summed E-state index contributed by atoms with van der Waals surface area (Å²) in [5.41, 5.74) is 6.68. The first-order valence-corrected chi connectivity index (χ1v) is 13.3. The number of phenolic OH excluding ortho intramolecular Hbond substituents is 1. The van der Waals surface area contributed by atoms with Gasteiger partial charge in [-0.25, -0.2) is 4.79 Å². The zero-order chi connectivity index (χ0) is 26.5. The molecule has 0 spiro atoms. The number of nitrogens with one attached hydrogen (secondary N) is 3. The molecule has 0 aromatic heterocycles. The minimum absolute atomic E-state index is 0.0545. The number of nitrogens with two attached hydrogens (primary N) is 1. The molecule has 0 heterocycles. The number of carbonyl (C=O) groups excluding carboxylic acids is 3. The molecule has 0 bridgehead atoms.